The van der Waals surface area contributed by atoms with Gasteiger partial charge in [0, 0.05) is 5.56 Å². The van der Waals surface area contributed by atoms with Crippen molar-refractivity contribution >= 4 is 18.0 Å². The number of amides is 2. The third kappa shape index (κ3) is 7.94. The van der Waals surface area contributed by atoms with E-state index in [4.69, 9.17) is 4.74 Å². The first-order valence-corrected chi connectivity index (χ1v) is 10.7. The molecular formula is C24H26F4N2O6. The van der Waals surface area contributed by atoms with E-state index in [-0.39, 0.29) is 6.42 Å². The van der Waals surface area contributed by atoms with Crippen LogP contribution in [0.25, 0.3) is 0 Å². The normalized spacial score (nSPS) is 14.3. The molecule has 0 radical (unpaired) electrons. The Bertz CT molecular complexity index is 1090. The number of rotatable bonds is 8. The predicted octanol–water partition coefficient (Wildman–Crippen LogP) is 3.58. The van der Waals surface area contributed by atoms with Crippen LogP contribution in [0.4, 0.5) is 22.4 Å². The van der Waals surface area contributed by atoms with Crippen LogP contribution in [0.1, 0.15) is 43.5 Å². The Kier molecular flexibility index (Phi) is 9.03. The van der Waals surface area contributed by atoms with Gasteiger partial charge >= 0.3 is 18.2 Å². The molecule has 8 nitrogen and oxygen atoms in total. The van der Waals surface area contributed by atoms with E-state index in [2.05, 4.69) is 5.32 Å². The molecule has 2 rings (SSSR count). The van der Waals surface area contributed by atoms with Crippen molar-refractivity contribution in [3.8, 4) is 0 Å². The molecule has 0 spiro atoms. The van der Waals surface area contributed by atoms with Crippen molar-refractivity contribution in [2.24, 2.45) is 0 Å². The number of nitrogens with one attached hydrogen (secondary N) is 2. The second-order valence-corrected chi connectivity index (χ2v) is 8.87. The maximum absolute atomic E-state index is 14.5. The van der Waals surface area contributed by atoms with E-state index >= 15 is 0 Å². The number of aliphatic hydroxyl groups is 1. The Labute approximate surface area is 204 Å². The van der Waals surface area contributed by atoms with Gasteiger partial charge < -0.3 is 25.6 Å². The molecule has 4 N–H and O–H groups in total. The van der Waals surface area contributed by atoms with Crippen LogP contribution in [-0.4, -0.2) is 45.9 Å². The highest BCUT2D eigenvalue weighted by molar-refractivity contribution is 5.88. The van der Waals surface area contributed by atoms with Crippen LogP contribution >= 0.6 is 0 Å². The molecule has 0 saturated carbocycles. The minimum Gasteiger partial charge on any atom is -0.479 e. The number of benzene rings is 2. The molecule has 2 amide bonds. The Morgan fingerprint density at radius 2 is 1.58 bits per heavy atom. The summed E-state index contributed by atoms with van der Waals surface area (Å²) < 4.78 is 58.9. The summed E-state index contributed by atoms with van der Waals surface area (Å²) in [5.41, 5.74) is -3.00. The lowest BCUT2D eigenvalue weighted by Crippen LogP contribution is -2.53. The van der Waals surface area contributed by atoms with Gasteiger partial charge in [-0.1, -0.05) is 42.5 Å². The molecule has 36 heavy (non-hydrogen) atoms. The van der Waals surface area contributed by atoms with Crippen molar-refractivity contribution in [2.75, 3.05) is 0 Å². The summed E-state index contributed by atoms with van der Waals surface area (Å²) in [6.45, 7) is 4.76. The molecule has 0 aliphatic carbocycles. The molecule has 196 valence electrons. The van der Waals surface area contributed by atoms with E-state index in [1.54, 1.807) is 51.1 Å². The molecule has 2 aromatic rings. The van der Waals surface area contributed by atoms with Crippen molar-refractivity contribution in [1.29, 1.82) is 0 Å². The zero-order chi connectivity index (χ0) is 27.3. The first-order valence-electron chi connectivity index (χ1n) is 10.7. The Morgan fingerprint density at radius 3 is 2.11 bits per heavy atom. The number of carbonyl (C=O) groups is 3. The minimum absolute atomic E-state index is 0.0929. The molecule has 0 saturated heterocycles. The fourth-order valence-corrected chi connectivity index (χ4v) is 3.24. The standard InChI is InChI=1S/C24H26F4N2O6/c1-23(2,3)36-22(35)29-16(12-13-8-5-4-6-9-13)19(31)20(32)30-18(21(33)34)14-10-7-11-15(17(14)25)24(26,27)28/h4-11,16,18-19,31H,12H2,1-3H3,(H,29,35)(H,30,32)(H,33,34)/t16-,18-,19+/m1/s1. The molecule has 0 bridgehead atoms. The molecule has 0 aliphatic rings. The molecule has 0 aromatic heterocycles. The lowest BCUT2D eigenvalue weighted by Gasteiger charge is -2.27. The monoisotopic (exact) mass is 514 g/mol. The molecule has 0 unspecified atom stereocenters. The lowest BCUT2D eigenvalue weighted by atomic mass is 9.99. The average molecular weight is 514 g/mol. The van der Waals surface area contributed by atoms with Gasteiger partial charge in [0.2, 0.25) is 0 Å². The summed E-state index contributed by atoms with van der Waals surface area (Å²) >= 11 is 0. The van der Waals surface area contributed by atoms with Crippen molar-refractivity contribution in [3.63, 3.8) is 0 Å². The molecule has 0 aliphatic heterocycles. The topological polar surface area (TPSA) is 125 Å². The number of aliphatic carboxylic acids is 1. The van der Waals surface area contributed by atoms with E-state index in [1.807, 2.05) is 5.32 Å². The van der Waals surface area contributed by atoms with Crippen LogP contribution in [0.15, 0.2) is 48.5 Å². The number of carboxylic acids is 1. The molecule has 2 aromatic carbocycles. The number of ether oxygens (including phenoxy) is 1. The second kappa shape index (κ2) is 11.4. The van der Waals surface area contributed by atoms with Crippen LogP contribution in [0.3, 0.4) is 0 Å². The van der Waals surface area contributed by atoms with Crippen molar-refractivity contribution in [3.05, 3.63) is 71.0 Å². The Hall–Kier alpha value is -3.67. The average Bonchev–Trinajstić information content (AvgIpc) is 2.75. The number of hydrogen-bond donors (Lipinski definition) is 4. The molecular weight excluding hydrogens is 488 g/mol. The van der Waals surface area contributed by atoms with Crippen LogP contribution < -0.4 is 10.6 Å². The molecule has 12 heteroatoms. The van der Waals surface area contributed by atoms with Crippen LogP contribution in [0.2, 0.25) is 0 Å². The number of alkyl carbamates (subject to hydrolysis) is 1. The summed E-state index contributed by atoms with van der Waals surface area (Å²) in [6.07, 6.45) is -8.25. The first kappa shape index (κ1) is 28.6. The molecule has 0 fully saturated rings. The first-order chi connectivity index (χ1) is 16.6. The largest absolute Gasteiger partial charge is 0.479 e. The maximum atomic E-state index is 14.5. The third-order valence-electron chi connectivity index (χ3n) is 4.83. The van der Waals surface area contributed by atoms with Gasteiger partial charge in [-0.05, 0) is 38.8 Å². The van der Waals surface area contributed by atoms with Gasteiger partial charge in [-0.25, -0.2) is 14.0 Å². The lowest BCUT2D eigenvalue weighted by molar-refractivity contribution is -0.145. The summed E-state index contributed by atoms with van der Waals surface area (Å²) in [5.74, 6) is -5.11. The van der Waals surface area contributed by atoms with Gasteiger partial charge in [0.05, 0.1) is 11.6 Å². The smallest absolute Gasteiger partial charge is 0.419 e. The highest BCUT2D eigenvalue weighted by Gasteiger charge is 2.38. The number of halogens is 4. The quantitative estimate of drug-likeness (QED) is 0.399. The van der Waals surface area contributed by atoms with Gasteiger partial charge in [-0.3, -0.25) is 4.79 Å². The molecule has 3 atom stereocenters. The number of alkyl halides is 3. The number of carbonyl (C=O) groups excluding carboxylic acids is 2. The van der Waals surface area contributed by atoms with Gasteiger partial charge in [0.15, 0.2) is 12.1 Å². The van der Waals surface area contributed by atoms with Crippen molar-refractivity contribution in [2.45, 2.75) is 57.2 Å². The van der Waals surface area contributed by atoms with Crippen LogP contribution in [0, 0.1) is 5.82 Å². The summed E-state index contributed by atoms with van der Waals surface area (Å²) in [7, 11) is 0. The zero-order valence-electron chi connectivity index (χ0n) is 19.6. The fraction of sp³-hybridized carbons (Fsp3) is 0.375. The SMILES string of the molecule is CC(C)(C)OC(=O)N[C@H](Cc1ccccc1)[C@H](O)C(=O)N[C@@H](C(=O)O)c1cccc(C(F)(F)F)c1F. The van der Waals surface area contributed by atoms with Gasteiger partial charge in [-0.2, -0.15) is 13.2 Å². The van der Waals surface area contributed by atoms with E-state index in [9.17, 15) is 42.2 Å². The predicted molar refractivity (Wildman–Crippen MR) is 119 cm³/mol. The van der Waals surface area contributed by atoms with Crippen molar-refractivity contribution in [1.82, 2.24) is 10.6 Å². The molecule has 0 heterocycles. The van der Waals surface area contributed by atoms with Crippen LogP contribution in [0.5, 0.6) is 0 Å². The number of carboxylic acid groups (broad SMARTS) is 1. The van der Waals surface area contributed by atoms with E-state index < -0.39 is 64.9 Å². The van der Waals surface area contributed by atoms with Gasteiger partial charge in [-0.15, -0.1) is 0 Å². The van der Waals surface area contributed by atoms with E-state index in [1.165, 1.54) is 0 Å². The highest BCUT2D eigenvalue weighted by atomic mass is 19.4. The Balaban J connectivity index is 2.32. The third-order valence-corrected chi connectivity index (χ3v) is 4.83. The summed E-state index contributed by atoms with van der Waals surface area (Å²) in [5, 5.41) is 24.4. The highest BCUT2D eigenvalue weighted by Crippen LogP contribution is 2.34. The van der Waals surface area contributed by atoms with E-state index in [0.29, 0.717) is 11.6 Å². The van der Waals surface area contributed by atoms with E-state index in [0.717, 1.165) is 12.1 Å². The second-order valence-electron chi connectivity index (χ2n) is 8.87. The van der Waals surface area contributed by atoms with Gasteiger partial charge in [0.1, 0.15) is 11.4 Å². The van der Waals surface area contributed by atoms with Crippen LogP contribution in [-0.2, 0) is 26.9 Å². The van der Waals surface area contributed by atoms with Crippen molar-refractivity contribution < 1.29 is 46.9 Å². The Morgan fingerprint density at radius 1 is 0.972 bits per heavy atom. The summed E-state index contributed by atoms with van der Waals surface area (Å²) in [6, 6.07) is 6.75. The van der Waals surface area contributed by atoms with Gasteiger partial charge in [0.25, 0.3) is 5.91 Å². The maximum Gasteiger partial charge on any atom is 0.419 e. The zero-order valence-corrected chi connectivity index (χ0v) is 19.6. The summed E-state index contributed by atoms with van der Waals surface area (Å²) in [4.78, 5) is 36.8. The number of aliphatic hydroxyl groups excluding tert-OH is 1. The number of hydrogen-bond acceptors (Lipinski definition) is 5. The fourth-order valence-electron chi connectivity index (χ4n) is 3.24. The minimum atomic E-state index is -5.11.